The van der Waals surface area contributed by atoms with E-state index in [1.165, 1.54) is 4.68 Å². The van der Waals surface area contributed by atoms with Gasteiger partial charge >= 0.3 is 0 Å². The third-order valence-corrected chi connectivity index (χ3v) is 2.54. The summed E-state index contributed by atoms with van der Waals surface area (Å²) in [6.07, 6.45) is -2.49. The molecule has 20 heavy (non-hydrogen) atoms. The summed E-state index contributed by atoms with van der Waals surface area (Å²) >= 11 is 0. The third kappa shape index (κ3) is 3.38. The second kappa shape index (κ2) is 6.24. The predicted molar refractivity (Wildman–Crippen MR) is 68.9 cm³/mol. The molecular weight excluding hydrogens is 270 g/mol. The van der Waals surface area contributed by atoms with Gasteiger partial charge in [0.1, 0.15) is 6.61 Å². The van der Waals surface area contributed by atoms with Crippen LogP contribution in [0.15, 0.2) is 18.2 Å². The third-order valence-electron chi connectivity index (χ3n) is 2.54. The van der Waals surface area contributed by atoms with Crippen molar-refractivity contribution in [3.8, 4) is 11.4 Å². The Hall–Kier alpha value is -2.29. The van der Waals surface area contributed by atoms with Crippen LogP contribution >= 0.6 is 0 Å². The first kappa shape index (κ1) is 14.1. The van der Waals surface area contributed by atoms with Gasteiger partial charge in [-0.25, -0.2) is 13.5 Å². The Morgan fingerprint density at radius 1 is 1.30 bits per heavy atom. The number of benzene rings is 1. The van der Waals surface area contributed by atoms with Gasteiger partial charge in [0, 0.05) is 16.9 Å². The molecule has 2 aromatic rings. The highest BCUT2D eigenvalue weighted by Gasteiger charge is 2.12. The lowest BCUT2D eigenvalue weighted by Gasteiger charge is -2.08. The van der Waals surface area contributed by atoms with Crippen LogP contribution in [0.25, 0.3) is 11.4 Å². The number of nitrogens with zero attached hydrogens (tertiary/aromatic N) is 4. The first-order chi connectivity index (χ1) is 9.58. The number of alkyl halides is 2. The molecule has 2 rings (SSSR count). The van der Waals surface area contributed by atoms with Crippen molar-refractivity contribution in [2.24, 2.45) is 0 Å². The summed E-state index contributed by atoms with van der Waals surface area (Å²) in [5.41, 5.74) is 13.1. The Morgan fingerprint density at radius 3 is 2.80 bits per heavy atom. The van der Waals surface area contributed by atoms with E-state index in [1.54, 1.807) is 18.2 Å². The van der Waals surface area contributed by atoms with Crippen molar-refractivity contribution >= 4 is 11.4 Å². The maximum absolute atomic E-state index is 11.9. The van der Waals surface area contributed by atoms with E-state index < -0.39 is 13.0 Å². The number of nitrogen functional groups attached to an aromatic ring is 2. The van der Waals surface area contributed by atoms with Gasteiger partial charge in [0.2, 0.25) is 0 Å². The quantitative estimate of drug-likeness (QED) is 0.600. The number of nitrogens with two attached hydrogens (primary N) is 2. The fraction of sp³-hybridized carbons (Fsp3) is 0.364. The van der Waals surface area contributed by atoms with Gasteiger partial charge < -0.3 is 16.2 Å². The van der Waals surface area contributed by atoms with E-state index in [0.29, 0.717) is 22.8 Å². The van der Waals surface area contributed by atoms with Crippen LogP contribution in [0.5, 0.6) is 0 Å². The Morgan fingerprint density at radius 2 is 2.10 bits per heavy atom. The van der Waals surface area contributed by atoms with Crippen molar-refractivity contribution in [3.63, 3.8) is 0 Å². The lowest BCUT2D eigenvalue weighted by molar-refractivity contribution is 0.0140. The summed E-state index contributed by atoms with van der Waals surface area (Å²) in [5.74, 6) is 0.433. The molecule has 0 fully saturated rings. The van der Waals surface area contributed by atoms with Gasteiger partial charge in [-0.2, -0.15) is 0 Å². The lowest BCUT2D eigenvalue weighted by atomic mass is 10.1. The molecule has 0 radical (unpaired) electrons. The smallest absolute Gasteiger partial charge is 0.261 e. The topological polar surface area (TPSA) is 105 Å². The molecule has 7 nitrogen and oxygen atoms in total. The standard InChI is InChI=1S/C11H14F2N6O/c12-10(13)6-20-4-3-19-11(16-17-18-19)8-2-1-7(14)5-9(8)15/h1-2,5,10H,3-4,6,14-15H2. The number of anilines is 2. The highest BCUT2D eigenvalue weighted by Crippen LogP contribution is 2.25. The van der Waals surface area contributed by atoms with E-state index in [4.69, 9.17) is 16.2 Å². The zero-order chi connectivity index (χ0) is 14.5. The fourth-order valence-corrected chi connectivity index (χ4v) is 1.66. The molecule has 0 amide bonds. The second-order valence-corrected chi connectivity index (χ2v) is 4.04. The van der Waals surface area contributed by atoms with Crippen molar-refractivity contribution in [2.45, 2.75) is 13.0 Å². The monoisotopic (exact) mass is 284 g/mol. The molecule has 0 aliphatic rings. The lowest BCUT2D eigenvalue weighted by Crippen LogP contribution is -2.13. The fourth-order valence-electron chi connectivity index (χ4n) is 1.66. The Labute approximate surface area is 113 Å². The van der Waals surface area contributed by atoms with Crippen LogP contribution in [-0.2, 0) is 11.3 Å². The van der Waals surface area contributed by atoms with Gasteiger partial charge in [-0.1, -0.05) is 0 Å². The number of rotatable bonds is 6. The SMILES string of the molecule is Nc1ccc(-c2nnnn2CCOCC(F)F)c(N)c1. The number of halogens is 2. The minimum absolute atomic E-state index is 0.0806. The normalized spacial score (nSPS) is 11.2. The molecule has 0 atom stereocenters. The van der Waals surface area contributed by atoms with Crippen molar-refractivity contribution in [1.82, 2.24) is 20.2 Å². The molecule has 1 aromatic heterocycles. The van der Waals surface area contributed by atoms with E-state index in [9.17, 15) is 8.78 Å². The Balaban J connectivity index is 2.08. The van der Waals surface area contributed by atoms with Crippen LogP contribution in [0.3, 0.4) is 0 Å². The molecule has 0 bridgehead atoms. The molecule has 0 aliphatic carbocycles. The van der Waals surface area contributed by atoms with Gasteiger partial charge in [0.15, 0.2) is 5.82 Å². The number of tetrazole rings is 1. The molecule has 0 aliphatic heterocycles. The van der Waals surface area contributed by atoms with Crippen LogP contribution < -0.4 is 11.5 Å². The molecule has 9 heteroatoms. The summed E-state index contributed by atoms with van der Waals surface area (Å²) in [6.45, 7) is -0.280. The Kier molecular flexibility index (Phi) is 4.41. The average Bonchev–Trinajstić information content (AvgIpc) is 2.82. The maximum atomic E-state index is 11.9. The molecular formula is C11H14F2N6O. The minimum Gasteiger partial charge on any atom is -0.399 e. The number of hydrogen-bond acceptors (Lipinski definition) is 6. The summed E-state index contributed by atoms with van der Waals surface area (Å²) in [7, 11) is 0. The van der Waals surface area contributed by atoms with E-state index in [0.717, 1.165) is 0 Å². The summed E-state index contributed by atoms with van der Waals surface area (Å²) in [4.78, 5) is 0. The van der Waals surface area contributed by atoms with Gasteiger partial charge in [0.25, 0.3) is 6.43 Å². The van der Waals surface area contributed by atoms with Crippen LogP contribution in [0.4, 0.5) is 20.2 Å². The van der Waals surface area contributed by atoms with Gasteiger partial charge in [-0.3, -0.25) is 0 Å². The average molecular weight is 284 g/mol. The zero-order valence-corrected chi connectivity index (χ0v) is 10.5. The highest BCUT2D eigenvalue weighted by atomic mass is 19.3. The van der Waals surface area contributed by atoms with Gasteiger partial charge in [0.05, 0.1) is 13.2 Å². The summed E-state index contributed by atoms with van der Waals surface area (Å²) < 4.78 is 30.1. The largest absolute Gasteiger partial charge is 0.399 e. The first-order valence-electron chi connectivity index (χ1n) is 5.85. The van der Waals surface area contributed by atoms with Crippen LogP contribution in [0.2, 0.25) is 0 Å². The Bertz CT molecular complexity index is 574. The number of ether oxygens (including phenoxy) is 1. The van der Waals surface area contributed by atoms with Crippen molar-refractivity contribution in [2.75, 3.05) is 24.7 Å². The summed E-state index contributed by atoms with van der Waals surface area (Å²) in [6, 6.07) is 4.98. The minimum atomic E-state index is -2.49. The van der Waals surface area contributed by atoms with Crippen molar-refractivity contribution in [3.05, 3.63) is 18.2 Å². The maximum Gasteiger partial charge on any atom is 0.261 e. The molecule has 4 N–H and O–H groups in total. The molecule has 1 heterocycles. The van der Waals surface area contributed by atoms with Crippen LogP contribution in [0.1, 0.15) is 0 Å². The first-order valence-corrected chi connectivity index (χ1v) is 5.85. The van der Waals surface area contributed by atoms with Gasteiger partial charge in [-0.15, -0.1) is 5.10 Å². The zero-order valence-electron chi connectivity index (χ0n) is 10.5. The molecule has 1 aromatic carbocycles. The highest BCUT2D eigenvalue weighted by molar-refractivity contribution is 5.74. The predicted octanol–water partition coefficient (Wildman–Crippen LogP) is 0.786. The van der Waals surface area contributed by atoms with E-state index >= 15 is 0 Å². The van der Waals surface area contributed by atoms with E-state index in [1.807, 2.05) is 0 Å². The van der Waals surface area contributed by atoms with Crippen LogP contribution in [0, 0.1) is 0 Å². The molecule has 108 valence electrons. The molecule has 0 saturated heterocycles. The van der Waals surface area contributed by atoms with Crippen molar-refractivity contribution < 1.29 is 13.5 Å². The summed E-state index contributed by atoms with van der Waals surface area (Å²) in [5, 5.41) is 11.2. The van der Waals surface area contributed by atoms with E-state index in [2.05, 4.69) is 15.5 Å². The molecule has 0 saturated carbocycles. The molecule has 0 spiro atoms. The number of aromatic nitrogens is 4. The van der Waals surface area contributed by atoms with Crippen LogP contribution in [-0.4, -0.2) is 39.8 Å². The van der Waals surface area contributed by atoms with E-state index in [-0.39, 0.29) is 13.2 Å². The molecule has 0 unspecified atom stereocenters. The van der Waals surface area contributed by atoms with Crippen molar-refractivity contribution in [1.29, 1.82) is 0 Å². The second-order valence-electron chi connectivity index (χ2n) is 4.04. The number of hydrogen-bond donors (Lipinski definition) is 2. The van der Waals surface area contributed by atoms with Gasteiger partial charge in [-0.05, 0) is 28.6 Å².